The molecule has 5 rings (SSSR count). The maximum absolute atomic E-state index is 12.4. The van der Waals surface area contributed by atoms with Crippen molar-refractivity contribution in [1.82, 2.24) is 14.5 Å². The van der Waals surface area contributed by atoms with Crippen LogP contribution in [0.2, 0.25) is 0 Å². The largest absolute Gasteiger partial charge is 0.449 e. The molecule has 8 nitrogen and oxygen atoms in total. The first-order chi connectivity index (χ1) is 18.4. The molecular weight excluding hydrogens is 514 g/mol. The third kappa shape index (κ3) is 5.15. The molecule has 1 heterocycles. The Morgan fingerprint density at radius 1 is 1.15 bits per heavy atom. The summed E-state index contributed by atoms with van der Waals surface area (Å²) in [6.45, 7) is 9.95. The molecule has 0 spiro atoms. The highest BCUT2D eigenvalue weighted by molar-refractivity contribution is 7.90. The normalized spacial score (nSPS) is 40.7. The molecule has 4 saturated carbocycles. The van der Waals surface area contributed by atoms with Gasteiger partial charge in [0.25, 0.3) is 10.0 Å². The minimum Gasteiger partial charge on any atom is -0.449 e. The Kier molecular flexibility index (Phi) is 7.90. The first kappa shape index (κ1) is 28.9. The van der Waals surface area contributed by atoms with Crippen LogP contribution in [-0.2, 0) is 21.8 Å². The van der Waals surface area contributed by atoms with Gasteiger partial charge in [0.1, 0.15) is 4.90 Å². The third-order valence-corrected chi connectivity index (χ3v) is 13.4. The molecule has 1 aromatic rings. The SMILES string of the molecule is CC[C@H]1C[C@@H]2C(CCC3(C)[C@@H]([C@H](C)CCOC(=O)NS(=O)(=O)c4cnn(C)c4)CC[C@@H]23)C2(C)CC[C@@H](O)CC12. The maximum Gasteiger partial charge on any atom is 0.421 e. The van der Waals surface area contributed by atoms with Crippen LogP contribution in [0.3, 0.4) is 0 Å². The molecule has 4 fully saturated rings. The number of carbonyl (C=O) groups excluding carboxylic acids is 1. The lowest BCUT2D eigenvalue weighted by atomic mass is 9.42. The fourth-order valence-electron chi connectivity index (χ4n) is 10.2. The number of aliphatic hydroxyl groups excluding tert-OH is 1. The second-order valence-corrected chi connectivity index (χ2v) is 15.6. The number of sulfonamides is 1. The minimum atomic E-state index is -3.99. The Labute approximate surface area is 234 Å². The van der Waals surface area contributed by atoms with Crippen LogP contribution >= 0.6 is 0 Å². The van der Waals surface area contributed by atoms with Gasteiger partial charge in [-0.05, 0) is 110 Å². The second-order valence-electron chi connectivity index (χ2n) is 13.9. The molecule has 0 radical (unpaired) electrons. The van der Waals surface area contributed by atoms with Gasteiger partial charge in [0, 0.05) is 13.2 Å². The number of aromatic nitrogens is 2. The predicted molar refractivity (Wildman–Crippen MR) is 149 cm³/mol. The molecule has 9 heteroatoms. The summed E-state index contributed by atoms with van der Waals surface area (Å²) in [4.78, 5) is 12.2. The van der Waals surface area contributed by atoms with Crippen LogP contribution in [0.1, 0.15) is 91.9 Å². The summed E-state index contributed by atoms with van der Waals surface area (Å²) >= 11 is 0. The summed E-state index contributed by atoms with van der Waals surface area (Å²) in [5.41, 5.74) is 0.674. The van der Waals surface area contributed by atoms with Crippen LogP contribution in [0.25, 0.3) is 0 Å². The summed E-state index contributed by atoms with van der Waals surface area (Å²) < 4.78 is 33.4. The van der Waals surface area contributed by atoms with Crippen LogP contribution in [0, 0.1) is 52.3 Å². The Balaban J connectivity index is 1.20. The fourth-order valence-corrected chi connectivity index (χ4v) is 11.1. The standard InChI is InChI=1S/C30H49N3O5S/c1-6-20-15-23-25-8-7-24(29(25,3)13-10-26(23)30(4)12-9-21(34)16-27(20)30)19(2)11-14-38-28(35)32-39(36,37)22-17-31-33(5)18-22/h17-21,23-27,34H,6-16H2,1-5H3,(H,32,35)/t19-,20+,21-,23+,24-,25+,26?,27?,29?,30?/m1/s1. The number of fused-ring (bicyclic) bond motifs is 5. The zero-order chi connectivity index (χ0) is 28.2. The maximum atomic E-state index is 12.4. The summed E-state index contributed by atoms with van der Waals surface area (Å²) in [5.74, 6) is 4.68. The van der Waals surface area contributed by atoms with Gasteiger partial charge >= 0.3 is 6.09 Å². The quantitative estimate of drug-likeness (QED) is 0.452. The Morgan fingerprint density at radius 3 is 2.56 bits per heavy atom. The van der Waals surface area contributed by atoms with E-state index in [0.29, 0.717) is 28.6 Å². The molecule has 2 N–H and O–H groups in total. The first-order valence-electron chi connectivity index (χ1n) is 15.2. The van der Waals surface area contributed by atoms with Gasteiger partial charge < -0.3 is 9.84 Å². The van der Waals surface area contributed by atoms with E-state index in [1.807, 2.05) is 4.72 Å². The number of hydrogen-bond donors (Lipinski definition) is 2. The van der Waals surface area contributed by atoms with Gasteiger partial charge in [0.2, 0.25) is 0 Å². The number of nitrogens with zero attached hydrogens (tertiary/aromatic N) is 2. The van der Waals surface area contributed by atoms with Crippen molar-refractivity contribution in [3.05, 3.63) is 12.4 Å². The zero-order valence-electron chi connectivity index (χ0n) is 24.4. The predicted octanol–water partition coefficient (Wildman–Crippen LogP) is 5.52. The number of ether oxygens (including phenoxy) is 1. The van der Waals surface area contributed by atoms with Crippen molar-refractivity contribution in [2.45, 2.75) is 103 Å². The molecule has 0 bridgehead atoms. The topological polar surface area (TPSA) is 111 Å². The third-order valence-electron chi connectivity index (χ3n) is 12.1. The van der Waals surface area contributed by atoms with E-state index >= 15 is 0 Å². The second kappa shape index (κ2) is 10.7. The van der Waals surface area contributed by atoms with Crippen molar-refractivity contribution < 1.29 is 23.1 Å². The van der Waals surface area contributed by atoms with Gasteiger partial charge in [-0.2, -0.15) is 5.10 Å². The molecule has 220 valence electrons. The number of amides is 1. The van der Waals surface area contributed by atoms with Crippen molar-refractivity contribution in [3.8, 4) is 0 Å². The number of hydrogen-bond acceptors (Lipinski definition) is 6. The summed E-state index contributed by atoms with van der Waals surface area (Å²) in [5, 5.41) is 14.4. The van der Waals surface area contributed by atoms with Crippen LogP contribution in [-0.4, -0.2) is 42.1 Å². The number of aryl methyl sites for hydroxylation is 1. The molecule has 4 aliphatic carbocycles. The number of carbonyl (C=O) groups is 1. The lowest BCUT2D eigenvalue weighted by molar-refractivity contribution is -0.152. The van der Waals surface area contributed by atoms with E-state index in [-0.39, 0.29) is 17.6 Å². The van der Waals surface area contributed by atoms with E-state index in [1.54, 1.807) is 7.05 Å². The molecule has 1 aromatic heterocycles. The van der Waals surface area contributed by atoms with E-state index < -0.39 is 16.1 Å². The van der Waals surface area contributed by atoms with Gasteiger partial charge in [-0.1, -0.05) is 34.1 Å². The van der Waals surface area contributed by atoms with E-state index in [4.69, 9.17) is 4.74 Å². The van der Waals surface area contributed by atoms with Crippen molar-refractivity contribution in [2.75, 3.05) is 6.61 Å². The van der Waals surface area contributed by atoms with Crippen molar-refractivity contribution in [2.24, 2.45) is 59.3 Å². The molecule has 10 atom stereocenters. The van der Waals surface area contributed by atoms with E-state index in [2.05, 4.69) is 32.8 Å². The smallest absolute Gasteiger partial charge is 0.421 e. The van der Waals surface area contributed by atoms with Crippen LogP contribution in [0.15, 0.2) is 17.3 Å². The molecule has 39 heavy (non-hydrogen) atoms. The molecule has 1 amide bonds. The molecule has 0 aliphatic heterocycles. The van der Waals surface area contributed by atoms with Crippen molar-refractivity contribution in [3.63, 3.8) is 0 Å². The number of rotatable bonds is 7. The van der Waals surface area contributed by atoms with Crippen molar-refractivity contribution >= 4 is 16.1 Å². The Bertz CT molecular complexity index is 1150. The molecule has 4 aliphatic rings. The summed E-state index contributed by atoms with van der Waals surface area (Å²) in [6.07, 6.45) is 13.0. The average Bonchev–Trinajstić information content (AvgIpc) is 3.47. The van der Waals surface area contributed by atoms with Gasteiger partial charge in [-0.3, -0.25) is 4.68 Å². The lowest BCUT2D eigenvalue weighted by Gasteiger charge is -2.63. The highest BCUT2D eigenvalue weighted by Gasteiger charge is 2.62. The van der Waals surface area contributed by atoms with Gasteiger partial charge in [-0.25, -0.2) is 17.9 Å². The monoisotopic (exact) mass is 563 g/mol. The Hall–Kier alpha value is -1.61. The molecule has 0 saturated heterocycles. The van der Waals surface area contributed by atoms with E-state index in [1.165, 1.54) is 62.0 Å². The Morgan fingerprint density at radius 2 is 1.87 bits per heavy atom. The summed E-state index contributed by atoms with van der Waals surface area (Å²) in [7, 11) is -2.37. The van der Waals surface area contributed by atoms with Crippen LogP contribution in [0.4, 0.5) is 4.79 Å². The lowest BCUT2D eigenvalue weighted by Crippen LogP contribution is -2.56. The van der Waals surface area contributed by atoms with Gasteiger partial charge in [-0.15, -0.1) is 0 Å². The number of nitrogens with one attached hydrogen (secondary N) is 1. The zero-order valence-corrected chi connectivity index (χ0v) is 25.3. The molecule has 0 aromatic carbocycles. The molecule has 4 unspecified atom stereocenters. The highest BCUT2D eigenvalue weighted by atomic mass is 32.2. The first-order valence-corrected chi connectivity index (χ1v) is 16.7. The van der Waals surface area contributed by atoms with Crippen LogP contribution in [0.5, 0.6) is 0 Å². The van der Waals surface area contributed by atoms with Gasteiger partial charge in [0.15, 0.2) is 0 Å². The van der Waals surface area contributed by atoms with Gasteiger partial charge in [0.05, 0.1) is 18.9 Å². The van der Waals surface area contributed by atoms with E-state index in [9.17, 15) is 18.3 Å². The highest BCUT2D eigenvalue weighted by Crippen LogP contribution is 2.69. The van der Waals surface area contributed by atoms with E-state index in [0.717, 1.165) is 42.9 Å². The fraction of sp³-hybridized carbons (Fsp3) is 0.867. The number of aliphatic hydroxyl groups is 1. The average molecular weight is 564 g/mol. The summed E-state index contributed by atoms with van der Waals surface area (Å²) in [6, 6.07) is 0. The van der Waals surface area contributed by atoms with Crippen molar-refractivity contribution in [1.29, 1.82) is 0 Å². The molecular formula is C30H49N3O5S. The van der Waals surface area contributed by atoms with Crippen LogP contribution < -0.4 is 4.72 Å². The minimum absolute atomic E-state index is 0.0616.